The van der Waals surface area contributed by atoms with Crippen LogP contribution < -0.4 is 0 Å². The Morgan fingerprint density at radius 2 is 0.684 bits per heavy atom. The monoisotopic (exact) mass is 726 g/mol. The summed E-state index contributed by atoms with van der Waals surface area (Å²) in [5.74, 6) is 0. The predicted molar refractivity (Wildman–Crippen MR) is 239 cm³/mol. The van der Waals surface area contributed by atoms with Gasteiger partial charge in [-0.3, -0.25) is 0 Å². The van der Waals surface area contributed by atoms with Crippen LogP contribution in [0.3, 0.4) is 0 Å². The first kappa shape index (κ1) is 31.7. The van der Waals surface area contributed by atoms with Crippen LogP contribution in [0.1, 0.15) is 0 Å². The van der Waals surface area contributed by atoms with Crippen LogP contribution in [0.4, 0.5) is 0 Å². The predicted octanol–water partition coefficient (Wildman–Crippen LogP) is 14.8. The number of hydrogen-bond acceptors (Lipinski definition) is 1. The highest BCUT2D eigenvalue weighted by Crippen LogP contribution is 2.41. The lowest BCUT2D eigenvalue weighted by Crippen LogP contribution is -1.95. The fraction of sp³-hybridized carbons (Fsp3) is 0. The van der Waals surface area contributed by atoms with Gasteiger partial charge in [0.2, 0.25) is 0 Å². The Morgan fingerprint density at radius 1 is 0.246 bits per heavy atom. The first-order chi connectivity index (χ1) is 28.2. The van der Waals surface area contributed by atoms with Gasteiger partial charge in [-0.05, 0) is 100 Å². The second kappa shape index (κ2) is 12.5. The maximum Gasteiger partial charge on any atom is 0.135 e. The molecule has 0 aliphatic heterocycles. The van der Waals surface area contributed by atoms with Crippen molar-refractivity contribution in [3.63, 3.8) is 0 Å². The standard InChI is InChI=1S/C54H34N2O/c1-3-12-35(13-4-1)37-22-24-38(25-23-37)39-16-11-17-41(30-39)55-49-20-9-7-18-43(49)45-34-52-46(33-51(45)55)44-19-8-10-21-50(44)56(52)42-27-29-54-48(32-42)47-31-40(26-28-53(47)57-54)36-14-5-2-6-15-36/h1-34H. The number of para-hydroxylation sites is 2. The van der Waals surface area contributed by atoms with Crippen LogP contribution in [0, 0.1) is 0 Å². The van der Waals surface area contributed by atoms with Crippen molar-refractivity contribution < 1.29 is 4.42 Å². The maximum atomic E-state index is 6.39. The van der Waals surface area contributed by atoms with Gasteiger partial charge in [0.1, 0.15) is 11.2 Å². The Balaban J connectivity index is 1.04. The summed E-state index contributed by atoms with van der Waals surface area (Å²) in [5, 5.41) is 7.13. The van der Waals surface area contributed by atoms with Gasteiger partial charge in [-0.2, -0.15) is 0 Å². The molecule has 0 aliphatic carbocycles. The van der Waals surface area contributed by atoms with E-state index in [1.807, 2.05) is 0 Å². The van der Waals surface area contributed by atoms with E-state index < -0.39 is 0 Å². The summed E-state index contributed by atoms with van der Waals surface area (Å²) in [6.45, 7) is 0. The van der Waals surface area contributed by atoms with E-state index in [-0.39, 0.29) is 0 Å². The first-order valence-corrected chi connectivity index (χ1v) is 19.5. The van der Waals surface area contributed by atoms with E-state index in [1.165, 1.54) is 77.0 Å². The van der Waals surface area contributed by atoms with Gasteiger partial charge in [0, 0.05) is 43.7 Å². The smallest absolute Gasteiger partial charge is 0.135 e. The van der Waals surface area contributed by atoms with Crippen molar-refractivity contribution in [2.45, 2.75) is 0 Å². The molecule has 266 valence electrons. The number of hydrogen-bond donors (Lipinski definition) is 0. The average molecular weight is 727 g/mol. The molecule has 0 spiro atoms. The molecule has 9 aromatic carbocycles. The summed E-state index contributed by atoms with van der Waals surface area (Å²) in [6, 6.07) is 74.5. The fourth-order valence-electron chi connectivity index (χ4n) is 9.01. The SMILES string of the molecule is c1ccc(-c2ccc(-c3cccc(-n4c5ccccc5c5cc6c(cc54)c4ccccc4n6-c4ccc5oc6ccc(-c7ccccc7)cc6c5c4)c3)cc2)cc1. The molecule has 0 atom stereocenters. The summed E-state index contributed by atoms with van der Waals surface area (Å²) in [5.41, 5.74) is 16.0. The Labute approximate surface area is 328 Å². The largest absolute Gasteiger partial charge is 0.456 e. The third-order valence-electron chi connectivity index (χ3n) is 11.7. The van der Waals surface area contributed by atoms with Crippen molar-refractivity contribution in [3.05, 3.63) is 206 Å². The molecule has 0 saturated heterocycles. The lowest BCUT2D eigenvalue weighted by atomic mass is 10.00. The molecule has 0 aliphatic rings. The Morgan fingerprint density at radius 3 is 1.32 bits per heavy atom. The van der Waals surface area contributed by atoms with Crippen molar-refractivity contribution in [2.75, 3.05) is 0 Å². The Hall–Kier alpha value is -7.62. The normalized spacial score (nSPS) is 11.9. The minimum atomic E-state index is 0.888. The second-order valence-corrected chi connectivity index (χ2v) is 14.9. The van der Waals surface area contributed by atoms with Crippen LogP contribution in [0.5, 0.6) is 0 Å². The highest BCUT2D eigenvalue weighted by Gasteiger charge is 2.20. The zero-order valence-electron chi connectivity index (χ0n) is 30.9. The molecule has 3 aromatic heterocycles. The third kappa shape index (κ3) is 4.99. The second-order valence-electron chi connectivity index (χ2n) is 14.9. The highest BCUT2D eigenvalue weighted by atomic mass is 16.3. The van der Waals surface area contributed by atoms with Gasteiger partial charge in [-0.15, -0.1) is 0 Å². The molecular weight excluding hydrogens is 693 g/mol. The van der Waals surface area contributed by atoms with Gasteiger partial charge in [0.25, 0.3) is 0 Å². The molecule has 12 rings (SSSR count). The van der Waals surface area contributed by atoms with Crippen molar-refractivity contribution in [1.29, 1.82) is 0 Å². The lowest BCUT2D eigenvalue weighted by Gasteiger charge is -2.11. The van der Waals surface area contributed by atoms with E-state index in [0.29, 0.717) is 0 Å². The van der Waals surface area contributed by atoms with Gasteiger partial charge in [-0.1, -0.05) is 140 Å². The van der Waals surface area contributed by atoms with Crippen LogP contribution in [0.2, 0.25) is 0 Å². The number of nitrogens with zero attached hydrogens (tertiary/aromatic N) is 2. The van der Waals surface area contributed by atoms with Crippen molar-refractivity contribution in [2.24, 2.45) is 0 Å². The quantitative estimate of drug-likeness (QED) is 0.173. The van der Waals surface area contributed by atoms with Crippen LogP contribution in [0.15, 0.2) is 211 Å². The van der Waals surface area contributed by atoms with Crippen molar-refractivity contribution in [3.8, 4) is 44.8 Å². The summed E-state index contributed by atoms with van der Waals surface area (Å²) in [6.07, 6.45) is 0. The molecular formula is C54H34N2O. The number of furan rings is 1. The zero-order valence-corrected chi connectivity index (χ0v) is 30.9. The minimum Gasteiger partial charge on any atom is -0.456 e. The molecule has 3 heteroatoms. The van der Waals surface area contributed by atoms with E-state index in [1.54, 1.807) is 0 Å². The van der Waals surface area contributed by atoms with Crippen molar-refractivity contribution >= 4 is 65.6 Å². The molecule has 3 nitrogen and oxygen atoms in total. The molecule has 0 fully saturated rings. The Kier molecular flexibility index (Phi) is 6.93. The van der Waals surface area contributed by atoms with Gasteiger partial charge in [0.15, 0.2) is 0 Å². The minimum absolute atomic E-state index is 0.888. The summed E-state index contributed by atoms with van der Waals surface area (Å²) in [4.78, 5) is 0. The van der Waals surface area contributed by atoms with Crippen LogP contribution >= 0.6 is 0 Å². The molecule has 0 N–H and O–H groups in total. The lowest BCUT2D eigenvalue weighted by molar-refractivity contribution is 0.669. The molecule has 57 heavy (non-hydrogen) atoms. The van der Waals surface area contributed by atoms with E-state index in [9.17, 15) is 0 Å². The van der Waals surface area contributed by atoms with Gasteiger partial charge in [-0.25, -0.2) is 0 Å². The maximum absolute atomic E-state index is 6.39. The van der Waals surface area contributed by atoms with E-state index in [0.717, 1.165) is 33.3 Å². The average Bonchev–Trinajstić information content (AvgIpc) is 3.93. The van der Waals surface area contributed by atoms with Gasteiger partial charge in [0.05, 0.1) is 22.1 Å². The molecule has 0 bridgehead atoms. The first-order valence-electron chi connectivity index (χ1n) is 19.5. The van der Waals surface area contributed by atoms with Crippen LogP contribution in [-0.2, 0) is 0 Å². The number of rotatable bonds is 5. The van der Waals surface area contributed by atoms with Crippen molar-refractivity contribution in [1.82, 2.24) is 9.13 Å². The Bertz CT molecular complexity index is 3490. The summed E-state index contributed by atoms with van der Waals surface area (Å²) >= 11 is 0. The zero-order chi connectivity index (χ0) is 37.5. The summed E-state index contributed by atoms with van der Waals surface area (Å²) < 4.78 is 11.3. The van der Waals surface area contributed by atoms with Gasteiger partial charge < -0.3 is 13.6 Å². The van der Waals surface area contributed by atoms with E-state index >= 15 is 0 Å². The topological polar surface area (TPSA) is 23.0 Å². The summed E-state index contributed by atoms with van der Waals surface area (Å²) in [7, 11) is 0. The highest BCUT2D eigenvalue weighted by molar-refractivity contribution is 6.19. The van der Waals surface area contributed by atoms with E-state index in [4.69, 9.17) is 4.42 Å². The molecule has 0 amide bonds. The van der Waals surface area contributed by atoms with Crippen LogP contribution in [-0.4, -0.2) is 9.13 Å². The molecule has 0 unspecified atom stereocenters. The number of aromatic nitrogens is 2. The van der Waals surface area contributed by atoms with Gasteiger partial charge >= 0.3 is 0 Å². The molecule has 12 aromatic rings. The number of benzene rings is 9. The third-order valence-corrected chi connectivity index (χ3v) is 11.7. The molecule has 3 heterocycles. The molecule has 0 saturated carbocycles. The molecule has 0 radical (unpaired) electrons. The van der Waals surface area contributed by atoms with E-state index in [2.05, 4.69) is 215 Å². The number of fused-ring (bicyclic) bond motifs is 9. The fourth-order valence-corrected chi connectivity index (χ4v) is 9.01. The van der Waals surface area contributed by atoms with Crippen LogP contribution in [0.25, 0.3) is 110 Å².